The van der Waals surface area contributed by atoms with Crippen LogP contribution in [0.25, 0.3) is 0 Å². The minimum Gasteiger partial charge on any atom is -0.484 e. The number of rotatable bonds is 2. The van der Waals surface area contributed by atoms with Gasteiger partial charge < -0.3 is 15.2 Å². The summed E-state index contributed by atoms with van der Waals surface area (Å²) in [5.74, 6) is 0.445. The second kappa shape index (κ2) is 4.53. The number of carbonyl (C=O) groups excluding carboxylic acids is 1. The van der Waals surface area contributed by atoms with E-state index >= 15 is 0 Å². The standard InChI is InChI=1S/C15H21NO3/c1-14(2,16)13(17)18-12-9-10-7-5-6-8-11(10)19-15(12,3)4/h5-8,12H,9,16H2,1-4H3. The fourth-order valence-corrected chi connectivity index (χ4v) is 2.03. The van der Waals surface area contributed by atoms with E-state index in [9.17, 15) is 4.79 Å². The number of fused-ring (bicyclic) bond motifs is 1. The van der Waals surface area contributed by atoms with Crippen LogP contribution in [0.3, 0.4) is 0 Å². The SMILES string of the molecule is CC(C)(N)C(=O)OC1Cc2ccccc2OC1(C)C. The van der Waals surface area contributed by atoms with Crippen LogP contribution in [0, 0.1) is 0 Å². The quantitative estimate of drug-likeness (QED) is 0.830. The van der Waals surface area contributed by atoms with Crippen molar-refractivity contribution in [3.8, 4) is 5.75 Å². The third kappa shape index (κ3) is 2.89. The summed E-state index contributed by atoms with van der Waals surface area (Å²) in [6.07, 6.45) is 0.308. The maximum atomic E-state index is 11.9. The molecule has 1 atom stereocenters. The molecule has 1 aliphatic heterocycles. The van der Waals surface area contributed by atoms with Crippen molar-refractivity contribution in [2.24, 2.45) is 5.73 Å². The van der Waals surface area contributed by atoms with Gasteiger partial charge in [0.05, 0.1) is 0 Å². The van der Waals surface area contributed by atoms with Crippen LogP contribution in [0.1, 0.15) is 33.3 Å². The third-order valence-corrected chi connectivity index (χ3v) is 3.30. The Bertz CT molecular complexity index is 488. The maximum Gasteiger partial charge on any atom is 0.325 e. The Morgan fingerprint density at radius 3 is 2.68 bits per heavy atom. The Morgan fingerprint density at radius 1 is 1.42 bits per heavy atom. The number of benzene rings is 1. The molecule has 1 aromatic carbocycles. The zero-order chi connectivity index (χ0) is 14.3. The predicted octanol–water partition coefficient (Wildman–Crippen LogP) is 2.05. The van der Waals surface area contributed by atoms with Gasteiger partial charge in [0.2, 0.25) is 0 Å². The van der Waals surface area contributed by atoms with Crippen LogP contribution in [0.15, 0.2) is 24.3 Å². The molecule has 19 heavy (non-hydrogen) atoms. The van der Waals surface area contributed by atoms with Gasteiger partial charge in [-0.1, -0.05) is 18.2 Å². The van der Waals surface area contributed by atoms with Gasteiger partial charge in [-0.05, 0) is 39.3 Å². The highest BCUT2D eigenvalue weighted by atomic mass is 16.6. The van der Waals surface area contributed by atoms with Crippen molar-refractivity contribution in [2.75, 3.05) is 0 Å². The van der Waals surface area contributed by atoms with E-state index < -0.39 is 17.1 Å². The summed E-state index contributed by atoms with van der Waals surface area (Å²) in [5, 5.41) is 0. The zero-order valence-corrected chi connectivity index (χ0v) is 11.9. The van der Waals surface area contributed by atoms with Gasteiger partial charge in [0, 0.05) is 6.42 Å². The van der Waals surface area contributed by atoms with Gasteiger partial charge in [-0.2, -0.15) is 0 Å². The summed E-state index contributed by atoms with van der Waals surface area (Å²) in [6.45, 7) is 7.12. The van der Waals surface area contributed by atoms with Crippen molar-refractivity contribution >= 4 is 5.97 Å². The number of ether oxygens (including phenoxy) is 2. The first kappa shape index (κ1) is 13.9. The van der Waals surface area contributed by atoms with Crippen molar-refractivity contribution < 1.29 is 14.3 Å². The van der Waals surface area contributed by atoms with Gasteiger partial charge in [0.25, 0.3) is 0 Å². The lowest BCUT2D eigenvalue weighted by Gasteiger charge is -2.40. The van der Waals surface area contributed by atoms with Crippen molar-refractivity contribution in [1.82, 2.24) is 0 Å². The molecule has 0 spiro atoms. The molecular formula is C15H21NO3. The summed E-state index contributed by atoms with van der Waals surface area (Å²) >= 11 is 0. The third-order valence-electron chi connectivity index (χ3n) is 3.30. The first-order valence-corrected chi connectivity index (χ1v) is 6.47. The normalized spacial score (nSPS) is 21.2. The highest BCUT2D eigenvalue weighted by molar-refractivity contribution is 5.79. The monoisotopic (exact) mass is 263 g/mol. The second-order valence-corrected chi connectivity index (χ2v) is 6.13. The lowest BCUT2D eigenvalue weighted by atomic mass is 9.90. The van der Waals surface area contributed by atoms with Crippen molar-refractivity contribution in [3.05, 3.63) is 29.8 Å². The minimum atomic E-state index is -0.993. The van der Waals surface area contributed by atoms with E-state index in [0.29, 0.717) is 6.42 Å². The molecule has 0 amide bonds. The van der Waals surface area contributed by atoms with Crippen LogP contribution < -0.4 is 10.5 Å². The fraction of sp³-hybridized carbons (Fsp3) is 0.533. The van der Waals surface area contributed by atoms with Gasteiger partial charge >= 0.3 is 5.97 Å². The molecule has 1 heterocycles. The number of nitrogens with two attached hydrogens (primary N) is 1. The van der Waals surface area contributed by atoms with Crippen LogP contribution >= 0.6 is 0 Å². The van der Waals surface area contributed by atoms with Crippen molar-refractivity contribution in [2.45, 2.75) is 51.4 Å². The highest BCUT2D eigenvalue weighted by Crippen LogP contribution is 2.34. The van der Waals surface area contributed by atoms with E-state index in [-0.39, 0.29) is 6.10 Å². The zero-order valence-electron chi connectivity index (χ0n) is 11.9. The van der Waals surface area contributed by atoms with E-state index in [2.05, 4.69) is 0 Å². The number of carbonyl (C=O) groups is 1. The van der Waals surface area contributed by atoms with Gasteiger partial charge in [0.15, 0.2) is 0 Å². The Morgan fingerprint density at radius 2 is 2.05 bits per heavy atom. The van der Waals surface area contributed by atoms with E-state index in [4.69, 9.17) is 15.2 Å². The number of para-hydroxylation sites is 1. The first-order valence-electron chi connectivity index (χ1n) is 6.47. The molecule has 1 aromatic rings. The average molecular weight is 263 g/mol. The molecule has 0 aromatic heterocycles. The topological polar surface area (TPSA) is 61.6 Å². The summed E-state index contributed by atoms with van der Waals surface area (Å²) in [6, 6.07) is 7.80. The van der Waals surface area contributed by atoms with Crippen molar-refractivity contribution in [3.63, 3.8) is 0 Å². The van der Waals surface area contributed by atoms with Crippen LogP contribution in [0.4, 0.5) is 0 Å². The summed E-state index contributed by atoms with van der Waals surface area (Å²) in [5.41, 5.74) is 5.26. The fourth-order valence-electron chi connectivity index (χ4n) is 2.03. The number of hydrogen-bond donors (Lipinski definition) is 1. The van der Waals surface area contributed by atoms with Gasteiger partial charge in [-0.25, -0.2) is 0 Å². The minimum absolute atomic E-state index is 0.335. The summed E-state index contributed by atoms with van der Waals surface area (Å²) < 4.78 is 11.5. The van der Waals surface area contributed by atoms with Crippen LogP contribution in [-0.2, 0) is 16.0 Å². The van der Waals surface area contributed by atoms with Crippen molar-refractivity contribution in [1.29, 1.82) is 0 Å². The highest BCUT2D eigenvalue weighted by Gasteiger charge is 2.41. The van der Waals surface area contributed by atoms with Crippen LogP contribution in [0.5, 0.6) is 5.75 Å². The Hall–Kier alpha value is -1.55. The van der Waals surface area contributed by atoms with Gasteiger partial charge in [-0.15, -0.1) is 0 Å². The molecule has 2 N–H and O–H groups in total. The predicted molar refractivity (Wildman–Crippen MR) is 73.0 cm³/mol. The van der Waals surface area contributed by atoms with E-state index in [1.807, 2.05) is 38.1 Å². The van der Waals surface area contributed by atoms with Crippen LogP contribution in [0.2, 0.25) is 0 Å². The second-order valence-electron chi connectivity index (χ2n) is 6.13. The van der Waals surface area contributed by atoms with Gasteiger partial charge in [0.1, 0.15) is 23.0 Å². The molecule has 0 saturated carbocycles. The smallest absolute Gasteiger partial charge is 0.325 e. The maximum absolute atomic E-state index is 11.9. The van der Waals surface area contributed by atoms with E-state index in [1.165, 1.54) is 0 Å². The molecule has 1 aliphatic rings. The summed E-state index contributed by atoms with van der Waals surface area (Å²) in [7, 11) is 0. The molecule has 0 radical (unpaired) electrons. The Kier molecular flexibility index (Phi) is 3.31. The van der Waals surface area contributed by atoms with Gasteiger partial charge in [-0.3, -0.25) is 4.79 Å². The molecule has 1 unspecified atom stereocenters. The molecule has 4 nitrogen and oxygen atoms in total. The average Bonchev–Trinajstić information content (AvgIpc) is 2.28. The number of hydrogen-bond acceptors (Lipinski definition) is 4. The molecule has 104 valence electrons. The Labute approximate surface area is 113 Å². The summed E-state index contributed by atoms with van der Waals surface area (Å²) in [4.78, 5) is 11.9. The molecule has 0 saturated heterocycles. The first-order chi connectivity index (χ1) is 8.70. The Balaban J connectivity index is 2.21. The molecule has 0 aliphatic carbocycles. The van der Waals surface area contributed by atoms with Crippen LogP contribution in [-0.4, -0.2) is 23.2 Å². The number of esters is 1. The van der Waals surface area contributed by atoms with E-state index in [1.54, 1.807) is 13.8 Å². The molecule has 0 fully saturated rings. The largest absolute Gasteiger partial charge is 0.484 e. The lowest BCUT2D eigenvalue weighted by Crippen LogP contribution is -2.52. The molecule has 2 rings (SSSR count). The van der Waals surface area contributed by atoms with E-state index in [0.717, 1.165) is 11.3 Å². The molecule has 4 heteroatoms. The lowest BCUT2D eigenvalue weighted by molar-refractivity contribution is -0.166. The molecular weight excluding hydrogens is 242 g/mol. The molecule has 0 bridgehead atoms.